The number of pyridine rings is 1. The third-order valence-electron chi connectivity index (χ3n) is 6.06. The highest BCUT2D eigenvalue weighted by Crippen LogP contribution is 2.36. The van der Waals surface area contributed by atoms with Gasteiger partial charge in [-0.2, -0.15) is 4.31 Å². The quantitative estimate of drug-likeness (QED) is 0.563. The standard InChI is InChI=1S/C24H29N3O5S/c1-16(2)32-23-5-4-19(12-17(23)3)33(30,31)27-10-7-18(8-11-27)21-14-26(15-24(28)29)22-13-25-9-6-20(21)22/h4-6,9,12-14,16,18H,7-8,10-11,15H2,1-3H3,(H,28,29). The first kappa shape index (κ1) is 23.3. The number of hydrogen-bond donors (Lipinski definition) is 1. The summed E-state index contributed by atoms with van der Waals surface area (Å²) in [6, 6.07) is 6.90. The lowest BCUT2D eigenvalue weighted by Crippen LogP contribution is -2.37. The largest absolute Gasteiger partial charge is 0.491 e. The van der Waals surface area contributed by atoms with Gasteiger partial charge in [-0.1, -0.05) is 0 Å². The Labute approximate surface area is 193 Å². The zero-order valence-corrected chi connectivity index (χ0v) is 19.9. The molecule has 1 fully saturated rings. The number of hydrogen-bond acceptors (Lipinski definition) is 5. The summed E-state index contributed by atoms with van der Waals surface area (Å²) in [6.45, 7) is 6.41. The van der Waals surface area contributed by atoms with Crippen molar-refractivity contribution in [2.24, 2.45) is 0 Å². The molecule has 1 aliphatic heterocycles. The van der Waals surface area contributed by atoms with E-state index < -0.39 is 16.0 Å². The van der Waals surface area contributed by atoms with E-state index in [0.29, 0.717) is 31.7 Å². The van der Waals surface area contributed by atoms with E-state index in [9.17, 15) is 18.3 Å². The van der Waals surface area contributed by atoms with Crippen molar-refractivity contribution in [2.45, 2.75) is 57.1 Å². The second-order valence-corrected chi connectivity index (χ2v) is 10.7. The molecule has 1 saturated heterocycles. The number of carbonyl (C=O) groups is 1. The first-order valence-electron chi connectivity index (χ1n) is 11.1. The highest BCUT2D eigenvalue weighted by atomic mass is 32.2. The molecule has 0 aliphatic carbocycles. The predicted molar refractivity (Wildman–Crippen MR) is 125 cm³/mol. The maximum atomic E-state index is 13.3. The molecule has 0 atom stereocenters. The van der Waals surface area contributed by atoms with Crippen LogP contribution in [0.2, 0.25) is 0 Å². The van der Waals surface area contributed by atoms with Gasteiger partial charge in [-0.3, -0.25) is 9.78 Å². The topological polar surface area (TPSA) is 102 Å². The summed E-state index contributed by atoms with van der Waals surface area (Å²) in [5, 5.41) is 10.2. The number of carboxylic acid groups (broad SMARTS) is 1. The van der Waals surface area contributed by atoms with Crippen molar-refractivity contribution < 1.29 is 23.1 Å². The van der Waals surface area contributed by atoms with Crippen LogP contribution in [0.25, 0.3) is 10.9 Å². The molecule has 0 unspecified atom stereocenters. The molecule has 1 N–H and O–H groups in total. The Morgan fingerprint density at radius 1 is 1.24 bits per heavy atom. The van der Waals surface area contributed by atoms with Crippen molar-refractivity contribution in [3.05, 3.63) is 54.0 Å². The van der Waals surface area contributed by atoms with Crippen LogP contribution >= 0.6 is 0 Å². The number of aromatic nitrogens is 2. The van der Waals surface area contributed by atoms with Crippen molar-refractivity contribution in [1.29, 1.82) is 0 Å². The van der Waals surface area contributed by atoms with E-state index >= 15 is 0 Å². The number of aliphatic carboxylic acids is 1. The molecule has 0 amide bonds. The minimum atomic E-state index is -3.60. The van der Waals surface area contributed by atoms with Crippen LogP contribution in [0.1, 0.15) is 43.7 Å². The monoisotopic (exact) mass is 471 g/mol. The van der Waals surface area contributed by atoms with Crippen LogP contribution in [0.3, 0.4) is 0 Å². The van der Waals surface area contributed by atoms with Crippen molar-refractivity contribution in [2.75, 3.05) is 13.1 Å². The molecule has 33 heavy (non-hydrogen) atoms. The molecule has 4 rings (SSSR count). The van der Waals surface area contributed by atoms with Gasteiger partial charge in [0.2, 0.25) is 10.0 Å². The van der Waals surface area contributed by atoms with E-state index in [1.165, 1.54) is 0 Å². The number of ether oxygens (including phenoxy) is 1. The molecule has 0 saturated carbocycles. The van der Waals surface area contributed by atoms with Gasteiger partial charge in [0.1, 0.15) is 12.3 Å². The minimum Gasteiger partial charge on any atom is -0.491 e. The molecule has 1 aliphatic rings. The van der Waals surface area contributed by atoms with E-state index in [2.05, 4.69) is 4.98 Å². The van der Waals surface area contributed by atoms with Gasteiger partial charge in [0.15, 0.2) is 0 Å². The van der Waals surface area contributed by atoms with E-state index in [1.807, 2.05) is 33.0 Å². The summed E-state index contributed by atoms with van der Waals surface area (Å²) in [7, 11) is -3.60. The van der Waals surface area contributed by atoms with Crippen LogP contribution in [0.4, 0.5) is 0 Å². The molecule has 0 spiro atoms. The predicted octanol–water partition coefficient (Wildman–Crippen LogP) is 3.78. The number of piperidine rings is 1. The highest BCUT2D eigenvalue weighted by molar-refractivity contribution is 7.89. The lowest BCUT2D eigenvalue weighted by molar-refractivity contribution is -0.137. The molecular weight excluding hydrogens is 442 g/mol. The second kappa shape index (κ2) is 9.15. The molecule has 8 nitrogen and oxygen atoms in total. The average Bonchev–Trinajstić information content (AvgIpc) is 3.13. The number of rotatable bonds is 7. The second-order valence-electron chi connectivity index (χ2n) is 8.77. The first-order chi connectivity index (χ1) is 15.7. The van der Waals surface area contributed by atoms with Crippen LogP contribution in [0.5, 0.6) is 5.75 Å². The third-order valence-corrected chi connectivity index (χ3v) is 7.96. The fourth-order valence-corrected chi connectivity index (χ4v) is 6.05. The summed E-state index contributed by atoms with van der Waals surface area (Å²) < 4.78 is 35.5. The van der Waals surface area contributed by atoms with Crippen LogP contribution < -0.4 is 4.74 Å². The Bertz CT molecular complexity index is 1270. The van der Waals surface area contributed by atoms with Crippen LogP contribution in [0, 0.1) is 6.92 Å². The SMILES string of the molecule is Cc1cc(S(=O)(=O)N2CCC(c3cn(CC(=O)O)c4cnccc34)CC2)ccc1OC(C)C. The molecule has 3 aromatic rings. The van der Waals surface area contributed by atoms with Crippen molar-refractivity contribution >= 4 is 26.9 Å². The zero-order valence-electron chi connectivity index (χ0n) is 19.1. The zero-order chi connectivity index (χ0) is 23.8. The lowest BCUT2D eigenvalue weighted by atomic mass is 9.90. The van der Waals surface area contributed by atoms with Crippen LogP contribution in [-0.4, -0.2) is 52.5 Å². The highest BCUT2D eigenvalue weighted by Gasteiger charge is 2.31. The van der Waals surface area contributed by atoms with Crippen molar-refractivity contribution in [1.82, 2.24) is 13.9 Å². The maximum Gasteiger partial charge on any atom is 0.323 e. The molecule has 1 aromatic carbocycles. The normalized spacial score (nSPS) is 15.9. The lowest BCUT2D eigenvalue weighted by Gasteiger charge is -2.31. The first-order valence-corrected chi connectivity index (χ1v) is 12.5. The number of nitrogens with zero attached hydrogens (tertiary/aromatic N) is 3. The van der Waals surface area contributed by atoms with Gasteiger partial charge >= 0.3 is 5.97 Å². The van der Waals surface area contributed by atoms with Gasteiger partial charge in [0.05, 0.1) is 22.7 Å². The Morgan fingerprint density at radius 3 is 2.61 bits per heavy atom. The van der Waals surface area contributed by atoms with Gasteiger partial charge in [-0.05, 0) is 74.9 Å². The number of fused-ring (bicyclic) bond motifs is 1. The summed E-state index contributed by atoms with van der Waals surface area (Å²) >= 11 is 0. The third kappa shape index (κ3) is 4.74. The van der Waals surface area contributed by atoms with Gasteiger partial charge in [-0.15, -0.1) is 0 Å². The van der Waals surface area contributed by atoms with Gasteiger partial charge < -0.3 is 14.4 Å². The fraction of sp³-hybridized carbons (Fsp3) is 0.417. The van der Waals surface area contributed by atoms with E-state index in [-0.39, 0.29) is 23.5 Å². The average molecular weight is 472 g/mol. The summed E-state index contributed by atoms with van der Waals surface area (Å²) in [5.41, 5.74) is 2.63. The summed E-state index contributed by atoms with van der Waals surface area (Å²) in [6.07, 6.45) is 6.61. The number of aryl methyl sites for hydroxylation is 1. The number of benzene rings is 1. The van der Waals surface area contributed by atoms with Crippen LogP contribution in [0.15, 0.2) is 47.8 Å². The smallest absolute Gasteiger partial charge is 0.323 e. The number of sulfonamides is 1. The molecule has 0 bridgehead atoms. The Balaban J connectivity index is 1.52. The van der Waals surface area contributed by atoms with Crippen molar-refractivity contribution in [3.63, 3.8) is 0 Å². The Morgan fingerprint density at radius 2 is 1.97 bits per heavy atom. The van der Waals surface area contributed by atoms with Gasteiger partial charge in [-0.25, -0.2) is 8.42 Å². The van der Waals surface area contributed by atoms with E-state index in [1.54, 1.807) is 39.5 Å². The van der Waals surface area contributed by atoms with Gasteiger partial charge in [0, 0.05) is 30.9 Å². The van der Waals surface area contributed by atoms with Gasteiger partial charge in [0.25, 0.3) is 0 Å². The molecular formula is C24H29N3O5S. The Kier molecular flexibility index (Phi) is 6.45. The Hall–Kier alpha value is -2.91. The van der Waals surface area contributed by atoms with Crippen molar-refractivity contribution in [3.8, 4) is 5.75 Å². The fourth-order valence-electron chi connectivity index (χ4n) is 4.49. The molecule has 2 aromatic heterocycles. The summed E-state index contributed by atoms with van der Waals surface area (Å²) in [5.74, 6) is -0.0711. The molecule has 9 heteroatoms. The van der Waals surface area contributed by atoms with Crippen LogP contribution in [-0.2, 0) is 21.4 Å². The minimum absolute atomic E-state index is 0.0161. The molecule has 0 radical (unpaired) electrons. The summed E-state index contributed by atoms with van der Waals surface area (Å²) in [4.78, 5) is 15.7. The van der Waals surface area contributed by atoms with E-state index in [4.69, 9.17) is 4.74 Å². The maximum absolute atomic E-state index is 13.3. The molecule has 176 valence electrons. The van der Waals surface area contributed by atoms with E-state index in [0.717, 1.165) is 22.0 Å². The number of carboxylic acids is 1. The molecule has 3 heterocycles.